The van der Waals surface area contributed by atoms with Crippen molar-refractivity contribution in [1.82, 2.24) is 0 Å². The fourth-order valence-electron chi connectivity index (χ4n) is 1.43. The number of unbranched alkanes of at least 4 members (excludes halogenated alkanes) is 3. The Morgan fingerprint density at radius 3 is 2.50 bits per heavy atom. The molecule has 0 atom stereocenters. The molecule has 16 heavy (non-hydrogen) atoms. The SMILES string of the molecule is C/C=C/C=C(\CCCCCC)C(=O)OCC. The molecule has 0 aliphatic rings. The van der Waals surface area contributed by atoms with E-state index in [-0.39, 0.29) is 5.97 Å². The van der Waals surface area contributed by atoms with Gasteiger partial charge in [-0.15, -0.1) is 0 Å². The second kappa shape index (κ2) is 10.5. The number of hydrogen-bond donors (Lipinski definition) is 0. The highest BCUT2D eigenvalue weighted by atomic mass is 16.5. The molecule has 0 aliphatic carbocycles. The zero-order chi connectivity index (χ0) is 12.2. The maximum Gasteiger partial charge on any atom is 0.333 e. The van der Waals surface area contributed by atoms with E-state index in [0.717, 1.165) is 18.4 Å². The fraction of sp³-hybridized carbons (Fsp3) is 0.643. The molecule has 0 aromatic rings. The molecular formula is C14H24O2. The van der Waals surface area contributed by atoms with Crippen molar-refractivity contribution in [2.75, 3.05) is 6.61 Å². The first-order valence-corrected chi connectivity index (χ1v) is 6.25. The highest BCUT2D eigenvalue weighted by Crippen LogP contribution is 2.12. The van der Waals surface area contributed by atoms with E-state index in [9.17, 15) is 4.79 Å². The van der Waals surface area contributed by atoms with Gasteiger partial charge >= 0.3 is 5.97 Å². The third-order valence-electron chi connectivity index (χ3n) is 2.33. The van der Waals surface area contributed by atoms with Crippen molar-refractivity contribution in [1.29, 1.82) is 0 Å². The van der Waals surface area contributed by atoms with Gasteiger partial charge in [-0.2, -0.15) is 0 Å². The average Bonchev–Trinajstić information content (AvgIpc) is 2.28. The van der Waals surface area contributed by atoms with Gasteiger partial charge in [0.25, 0.3) is 0 Å². The van der Waals surface area contributed by atoms with Gasteiger partial charge in [0, 0.05) is 5.57 Å². The van der Waals surface area contributed by atoms with E-state index >= 15 is 0 Å². The summed E-state index contributed by atoms with van der Waals surface area (Å²) in [5.74, 6) is -0.169. The van der Waals surface area contributed by atoms with Crippen LogP contribution in [0.2, 0.25) is 0 Å². The molecule has 0 bridgehead atoms. The van der Waals surface area contributed by atoms with Crippen LogP contribution in [0.4, 0.5) is 0 Å². The smallest absolute Gasteiger partial charge is 0.333 e. The maximum atomic E-state index is 11.6. The van der Waals surface area contributed by atoms with Crippen LogP contribution in [0.1, 0.15) is 52.9 Å². The maximum absolute atomic E-state index is 11.6. The Bertz CT molecular complexity index is 239. The zero-order valence-electron chi connectivity index (χ0n) is 10.8. The summed E-state index contributed by atoms with van der Waals surface area (Å²) in [6, 6.07) is 0. The van der Waals surface area contributed by atoms with Gasteiger partial charge in [-0.3, -0.25) is 0 Å². The van der Waals surface area contributed by atoms with Gasteiger partial charge in [0.15, 0.2) is 0 Å². The predicted octanol–water partition coefficient (Wildman–Crippen LogP) is 4.02. The quantitative estimate of drug-likeness (QED) is 0.269. The number of carbonyl (C=O) groups is 1. The first kappa shape index (κ1) is 14.9. The first-order valence-electron chi connectivity index (χ1n) is 6.25. The van der Waals surface area contributed by atoms with Crippen molar-refractivity contribution >= 4 is 5.97 Å². The Hall–Kier alpha value is -1.05. The molecule has 0 unspecified atom stereocenters. The second-order valence-corrected chi connectivity index (χ2v) is 3.75. The molecule has 0 rings (SSSR count). The zero-order valence-corrected chi connectivity index (χ0v) is 10.8. The van der Waals surface area contributed by atoms with Gasteiger partial charge in [0.2, 0.25) is 0 Å². The van der Waals surface area contributed by atoms with Crippen molar-refractivity contribution in [3.05, 3.63) is 23.8 Å². The molecular weight excluding hydrogens is 200 g/mol. The Morgan fingerprint density at radius 2 is 1.94 bits per heavy atom. The Morgan fingerprint density at radius 1 is 1.19 bits per heavy atom. The molecule has 0 aliphatic heterocycles. The Kier molecular flexibility index (Phi) is 9.78. The van der Waals surface area contributed by atoms with Gasteiger partial charge in [0.05, 0.1) is 6.61 Å². The van der Waals surface area contributed by atoms with Crippen LogP contribution in [-0.4, -0.2) is 12.6 Å². The number of hydrogen-bond acceptors (Lipinski definition) is 2. The van der Waals surface area contributed by atoms with Crippen molar-refractivity contribution in [2.45, 2.75) is 52.9 Å². The Labute approximate surface area is 99.4 Å². The number of carbonyl (C=O) groups excluding carboxylic acids is 1. The molecule has 0 fully saturated rings. The molecule has 0 spiro atoms. The summed E-state index contributed by atoms with van der Waals surface area (Å²) >= 11 is 0. The summed E-state index contributed by atoms with van der Waals surface area (Å²) in [6.45, 7) is 6.40. The highest BCUT2D eigenvalue weighted by Gasteiger charge is 2.08. The topological polar surface area (TPSA) is 26.3 Å². The summed E-state index contributed by atoms with van der Waals surface area (Å²) in [5.41, 5.74) is 0.788. The summed E-state index contributed by atoms with van der Waals surface area (Å²) in [4.78, 5) is 11.6. The fourth-order valence-corrected chi connectivity index (χ4v) is 1.43. The third kappa shape index (κ3) is 7.27. The van der Waals surface area contributed by atoms with Crippen LogP contribution in [0, 0.1) is 0 Å². The summed E-state index contributed by atoms with van der Waals surface area (Å²) in [7, 11) is 0. The predicted molar refractivity (Wildman–Crippen MR) is 68.3 cm³/mol. The molecule has 92 valence electrons. The lowest BCUT2D eigenvalue weighted by atomic mass is 10.1. The summed E-state index contributed by atoms with van der Waals surface area (Å²) in [6.07, 6.45) is 11.2. The van der Waals surface area contributed by atoms with E-state index < -0.39 is 0 Å². The minimum atomic E-state index is -0.169. The molecule has 2 heteroatoms. The van der Waals surface area contributed by atoms with Gasteiger partial charge in [0.1, 0.15) is 0 Å². The van der Waals surface area contributed by atoms with Crippen LogP contribution in [-0.2, 0) is 9.53 Å². The highest BCUT2D eigenvalue weighted by molar-refractivity contribution is 5.88. The normalized spacial score (nSPS) is 12.1. The molecule has 0 N–H and O–H groups in total. The Balaban J connectivity index is 4.16. The van der Waals surface area contributed by atoms with E-state index in [1.54, 1.807) is 0 Å². The molecule has 0 saturated carbocycles. The molecule has 0 amide bonds. The van der Waals surface area contributed by atoms with Gasteiger partial charge in [-0.05, 0) is 26.7 Å². The van der Waals surface area contributed by atoms with E-state index in [2.05, 4.69) is 6.92 Å². The van der Waals surface area contributed by atoms with Crippen LogP contribution in [0.5, 0.6) is 0 Å². The van der Waals surface area contributed by atoms with Gasteiger partial charge in [-0.25, -0.2) is 4.79 Å². The number of ether oxygens (including phenoxy) is 1. The lowest BCUT2D eigenvalue weighted by Gasteiger charge is -2.05. The van der Waals surface area contributed by atoms with Crippen molar-refractivity contribution < 1.29 is 9.53 Å². The molecule has 2 nitrogen and oxygen atoms in total. The number of esters is 1. The van der Waals surface area contributed by atoms with Crippen LogP contribution in [0.25, 0.3) is 0 Å². The summed E-state index contributed by atoms with van der Waals surface area (Å²) < 4.78 is 5.02. The lowest BCUT2D eigenvalue weighted by molar-refractivity contribution is -0.138. The van der Waals surface area contributed by atoms with Gasteiger partial charge in [-0.1, -0.05) is 44.4 Å². The van der Waals surface area contributed by atoms with Crippen molar-refractivity contribution in [3.8, 4) is 0 Å². The monoisotopic (exact) mass is 224 g/mol. The number of rotatable bonds is 8. The lowest BCUT2D eigenvalue weighted by Crippen LogP contribution is -2.07. The van der Waals surface area contributed by atoms with Crippen molar-refractivity contribution in [2.24, 2.45) is 0 Å². The standard InChI is InChI=1S/C14H24O2/c1-4-7-9-10-12-13(11-8-5-2)14(15)16-6-3/h5,8,11H,4,6-7,9-10,12H2,1-3H3/b8-5+,13-11+. The summed E-state index contributed by atoms with van der Waals surface area (Å²) in [5, 5.41) is 0. The van der Waals surface area contributed by atoms with E-state index in [4.69, 9.17) is 4.74 Å². The molecule has 0 radical (unpaired) electrons. The van der Waals surface area contributed by atoms with E-state index in [0.29, 0.717) is 6.61 Å². The molecule has 0 heterocycles. The minimum Gasteiger partial charge on any atom is -0.463 e. The van der Waals surface area contributed by atoms with Gasteiger partial charge < -0.3 is 4.74 Å². The van der Waals surface area contributed by atoms with Crippen LogP contribution < -0.4 is 0 Å². The van der Waals surface area contributed by atoms with Crippen LogP contribution >= 0.6 is 0 Å². The largest absolute Gasteiger partial charge is 0.463 e. The first-order chi connectivity index (χ1) is 7.76. The minimum absolute atomic E-state index is 0.169. The molecule has 0 aromatic heterocycles. The van der Waals surface area contributed by atoms with E-state index in [1.807, 2.05) is 32.1 Å². The van der Waals surface area contributed by atoms with E-state index in [1.165, 1.54) is 19.3 Å². The van der Waals surface area contributed by atoms with Crippen LogP contribution in [0.3, 0.4) is 0 Å². The van der Waals surface area contributed by atoms with Crippen molar-refractivity contribution in [3.63, 3.8) is 0 Å². The average molecular weight is 224 g/mol. The second-order valence-electron chi connectivity index (χ2n) is 3.75. The third-order valence-corrected chi connectivity index (χ3v) is 2.33. The number of allylic oxidation sites excluding steroid dienone is 3. The molecule has 0 aromatic carbocycles. The molecule has 0 saturated heterocycles. The van der Waals surface area contributed by atoms with Crippen LogP contribution in [0.15, 0.2) is 23.8 Å².